The maximum absolute atomic E-state index is 12.0. The molecule has 0 unspecified atom stereocenters. The normalized spacial score (nSPS) is 24.5. The van der Waals surface area contributed by atoms with Gasteiger partial charge in [-0.3, -0.25) is 4.79 Å². The lowest BCUT2D eigenvalue weighted by molar-refractivity contribution is -0.157. The van der Waals surface area contributed by atoms with Gasteiger partial charge in [-0.15, -0.1) is 0 Å². The molecule has 1 amide bonds. The first-order chi connectivity index (χ1) is 8.13. The maximum Gasteiger partial charge on any atom is 0.223 e. The van der Waals surface area contributed by atoms with Crippen molar-refractivity contribution in [2.24, 2.45) is 5.92 Å². The Morgan fingerprint density at radius 2 is 2.06 bits per heavy atom. The molecule has 3 nitrogen and oxygen atoms in total. The van der Waals surface area contributed by atoms with Crippen molar-refractivity contribution in [3.8, 4) is 0 Å². The number of carbonyl (C=O) groups is 1. The van der Waals surface area contributed by atoms with Crippen molar-refractivity contribution in [1.29, 1.82) is 0 Å². The van der Waals surface area contributed by atoms with Crippen LogP contribution in [0.5, 0.6) is 0 Å². The number of β-amino-alcohol motifs (C(OH)–C–C–N with tert-alkyl or cyclic N) is 1. The minimum Gasteiger partial charge on any atom is -0.386 e. The van der Waals surface area contributed by atoms with Gasteiger partial charge in [-0.2, -0.15) is 11.8 Å². The van der Waals surface area contributed by atoms with Gasteiger partial charge in [0.05, 0.1) is 18.7 Å². The molecule has 0 aromatic heterocycles. The first kappa shape index (κ1) is 13.2. The Bertz CT molecular complexity index is 271. The molecular formula is C13H23NO2S. The van der Waals surface area contributed by atoms with Gasteiger partial charge in [-0.25, -0.2) is 0 Å². The second kappa shape index (κ2) is 5.61. The molecule has 0 spiro atoms. The van der Waals surface area contributed by atoms with Crippen molar-refractivity contribution in [3.63, 3.8) is 0 Å². The van der Waals surface area contributed by atoms with E-state index in [1.807, 2.05) is 16.7 Å². The molecule has 98 valence electrons. The van der Waals surface area contributed by atoms with Crippen molar-refractivity contribution < 1.29 is 9.90 Å². The number of amides is 1. The Hall–Kier alpha value is -0.220. The zero-order valence-corrected chi connectivity index (χ0v) is 11.5. The summed E-state index contributed by atoms with van der Waals surface area (Å²) in [4.78, 5) is 13.8. The molecule has 0 radical (unpaired) electrons. The summed E-state index contributed by atoms with van der Waals surface area (Å²) in [5.74, 6) is 3.25. The molecule has 1 N–H and O–H groups in total. The second-order valence-corrected chi connectivity index (χ2v) is 6.71. The third kappa shape index (κ3) is 3.38. The number of hydrogen-bond donors (Lipinski definition) is 1. The fourth-order valence-electron chi connectivity index (χ4n) is 2.79. The number of rotatable bonds is 4. The summed E-state index contributed by atoms with van der Waals surface area (Å²) in [5.41, 5.74) is -0.577. The fourth-order valence-corrected chi connectivity index (χ4v) is 3.99. The van der Waals surface area contributed by atoms with E-state index in [2.05, 4.69) is 6.92 Å². The van der Waals surface area contributed by atoms with Gasteiger partial charge >= 0.3 is 0 Å². The average molecular weight is 257 g/mol. The topological polar surface area (TPSA) is 40.5 Å². The van der Waals surface area contributed by atoms with Crippen LogP contribution in [0, 0.1) is 5.92 Å². The Balaban J connectivity index is 1.71. The van der Waals surface area contributed by atoms with E-state index in [0.717, 1.165) is 12.8 Å². The molecule has 2 rings (SSSR count). The van der Waals surface area contributed by atoms with Crippen LogP contribution in [-0.4, -0.2) is 46.1 Å². The van der Waals surface area contributed by atoms with Crippen molar-refractivity contribution in [2.45, 2.75) is 44.6 Å². The highest BCUT2D eigenvalue weighted by Gasteiger charge is 2.42. The smallest absolute Gasteiger partial charge is 0.223 e. The monoisotopic (exact) mass is 257 g/mol. The molecule has 4 heteroatoms. The fraction of sp³-hybridized carbons (Fsp3) is 0.923. The molecule has 2 aliphatic heterocycles. The third-order valence-electron chi connectivity index (χ3n) is 3.84. The minimum atomic E-state index is -0.577. The van der Waals surface area contributed by atoms with Gasteiger partial charge in [-0.1, -0.05) is 13.3 Å². The Kier molecular flexibility index (Phi) is 4.36. The van der Waals surface area contributed by atoms with E-state index in [0.29, 0.717) is 25.4 Å². The molecule has 0 aromatic carbocycles. The summed E-state index contributed by atoms with van der Waals surface area (Å²) in [5, 5.41) is 10.0. The quantitative estimate of drug-likeness (QED) is 0.836. The largest absolute Gasteiger partial charge is 0.386 e. The molecule has 2 heterocycles. The molecule has 2 saturated heterocycles. The van der Waals surface area contributed by atoms with Crippen LogP contribution in [0.25, 0.3) is 0 Å². The number of carbonyl (C=O) groups excluding carboxylic acids is 1. The number of thioether (sulfide) groups is 1. The van der Waals surface area contributed by atoms with Crippen LogP contribution in [0.15, 0.2) is 0 Å². The van der Waals surface area contributed by atoms with E-state index in [4.69, 9.17) is 0 Å². The van der Waals surface area contributed by atoms with Crippen molar-refractivity contribution >= 4 is 17.7 Å². The number of nitrogens with zero attached hydrogens (tertiary/aromatic N) is 1. The highest BCUT2D eigenvalue weighted by molar-refractivity contribution is 7.99. The van der Waals surface area contributed by atoms with Crippen molar-refractivity contribution in [3.05, 3.63) is 0 Å². The zero-order chi connectivity index (χ0) is 12.3. The molecule has 0 aliphatic carbocycles. The van der Waals surface area contributed by atoms with E-state index in [9.17, 15) is 9.90 Å². The summed E-state index contributed by atoms with van der Waals surface area (Å²) in [6.07, 6.45) is 4.87. The van der Waals surface area contributed by atoms with Gasteiger partial charge < -0.3 is 10.0 Å². The van der Waals surface area contributed by atoms with E-state index >= 15 is 0 Å². The standard InChI is InChI=1S/C13H23NO2S/c1-2-5-13(16)9-14(10-13)12(15)8-11-3-6-17-7-4-11/h11,16H,2-10H2,1H3. The Morgan fingerprint density at radius 1 is 1.41 bits per heavy atom. The highest BCUT2D eigenvalue weighted by atomic mass is 32.2. The summed E-state index contributed by atoms with van der Waals surface area (Å²) in [6.45, 7) is 3.18. The predicted octanol–water partition coefficient (Wildman–Crippen LogP) is 1.89. The van der Waals surface area contributed by atoms with Crippen LogP contribution >= 0.6 is 11.8 Å². The van der Waals surface area contributed by atoms with E-state index in [-0.39, 0.29) is 5.91 Å². The molecule has 0 saturated carbocycles. The maximum atomic E-state index is 12.0. The van der Waals surface area contributed by atoms with Gasteiger partial charge in [0.25, 0.3) is 0 Å². The van der Waals surface area contributed by atoms with Gasteiger partial charge in [0.2, 0.25) is 5.91 Å². The van der Waals surface area contributed by atoms with Gasteiger partial charge in [0.1, 0.15) is 0 Å². The lowest BCUT2D eigenvalue weighted by atomic mass is 9.88. The third-order valence-corrected chi connectivity index (χ3v) is 4.89. The molecule has 0 aromatic rings. The molecule has 2 aliphatic rings. The molecule has 2 fully saturated rings. The van der Waals surface area contributed by atoms with Crippen LogP contribution in [0.1, 0.15) is 39.0 Å². The number of likely N-dealkylation sites (tertiary alicyclic amines) is 1. The summed E-state index contributed by atoms with van der Waals surface area (Å²) in [6, 6.07) is 0. The van der Waals surface area contributed by atoms with Gasteiger partial charge in [0.15, 0.2) is 0 Å². The first-order valence-corrected chi connectivity index (χ1v) is 7.86. The van der Waals surface area contributed by atoms with E-state index in [1.54, 1.807) is 0 Å². The molecular weight excluding hydrogens is 234 g/mol. The summed E-state index contributed by atoms with van der Waals surface area (Å²) >= 11 is 2.00. The highest BCUT2D eigenvalue weighted by Crippen LogP contribution is 2.30. The first-order valence-electron chi connectivity index (χ1n) is 6.71. The van der Waals surface area contributed by atoms with Crippen LogP contribution in [-0.2, 0) is 4.79 Å². The van der Waals surface area contributed by atoms with Crippen molar-refractivity contribution in [2.75, 3.05) is 24.6 Å². The average Bonchev–Trinajstić information content (AvgIpc) is 2.27. The Morgan fingerprint density at radius 3 is 2.65 bits per heavy atom. The molecule has 0 bridgehead atoms. The summed E-state index contributed by atoms with van der Waals surface area (Å²) < 4.78 is 0. The lowest BCUT2D eigenvalue weighted by Crippen LogP contribution is -2.63. The summed E-state index contributed by atoms with van der Waals surface area (Å²) in [7, 11) is 0. The van der Waals surface area contributed by atoms with Crippen LogP contribution in [0.2, 0.25) is 0 Å². The molecule has 17 heavy (non-hydrogen) atoms. The Labute approximate surface area is 108 Å². The minimum absolute atomic E-state index is 0.252. The van der Waals surface area contributed by atoms with Crippen LogP contribution in [0.3, 0.4) is 0 Å². The lowest BCUT2D eigenvalue weighted by Gasteiger charge is -2.47. The number of aliphatic hydroxyl groups is 1. The number of hydrogen-bond acceptors (Lipinski definition) is 3. The predicted molar refractivity (Wildman–Crippen MR) is 71.1 cm³/mol. The van der Waals surface area contributed by atoms with Gasteiger partial charge in [0, 0.05) is 6.42 Å². The molecule has 0 atom stereocenters. The zero-order valence-electron chi connectivity index (χ0n) is 10.7. The van der Waals surface area contributed by atoms with E-state index < -0.39 is 5.60 Å². The second-order valence-electron chi connectivity index (χ2n) is 5.48. The van der Waals surface area contributed by atoms with Crippen LogP contribution in [0.4, 0.5) is 0 Å². The van der Waals surface area contributed by atoms with Gasteiger partial charge in [-0.05, 0) is 36.7 Å². The van der Waals surface area contributed by atoms with Crippen LogP contribution < -0.4 is 0 Å². The van der Waals surface area contributed by atoms with E-state index in [1.165, 1.54) is 24.3 Å². The SMILES string of the molecule is CCCC1(O)CN(C(=O)CC2CCSCC2)C1. The van der Waals surface area contributed by atoms with Crippen molar-refractivity contribution in [1.82, 2.24) is 4.90 Å².